The summed E-state index contributed by atoms with van der Waals surface area (Å²) in [5.74, 6) is 0.203. The summed E-state index contributed by atoms with van der Waals surface area (Å²) in [6.07, 6.45) is 5.68. The predicted octanol–water partition coefficient (Wildman–Crippen LogP) is 0.797. The highest BCUT2D eigenvalue weighted by Crippen LogP contribution is 2.23. The van der Waals surface area contributed by atoms with Crippen LogP contribution in [0.15, 0.2) is 0 Å². The molecule has 0 bridgehead atoms. The van der Waals surface area contributed by atoms with E-state index in [2.05, 4.69) is 10.6 Å². The molecule has 0 aromatic rings. The van der Waals surface area contributed by atoms with Crippen LogP contribution in [-0.2, 0) is 4.79 Å². The molecule has 2 N–H and O–H groups in total. The van der Waals surface area contributed by atoms with Crippen LogP contribution in [0.4, 0.5) is 0 Å². The van der Waals surface area contributed by atoms with E-state index in [9.17, 15) is 4.79 Å². The first-order valence-corrected chi connectivity index (χ1v) is 5.27. The maximum atomic E-state index is 11.8. The first kappa shape index (κ1) is 9.00. The van der Waals surface area contributed by atoms with Gasteiger partial charge in [-0.15, -0.1) is 0 Å². The van der Waals surface area contributed by atoms with Gasteiger partial charge in [0.1, 0.15) is 0 Å². The van der Waals surface area contributed by atoms with E-state index in [1.54, 1.807) is 0 Å². The summed E-state index contributed by atoms with van der Waals surface area (Å²) < 4.78 is 0. The van der Waals surface area contributed by atoms with Crippen LogP contribution < -0.4 is 10.6 Å². The van der Waals surface area contributed by atoms with E-state index in [4.69, 9.17) is 0 Å². The number of hydrogen-bond donors (Lipinski definition) is 2. The molecule has 2 rings (SSSR count). The Morgan fingerprint density at radius 2 is 2.23 bits per heavy atom. The molecule has 74 valence electrons. The van der Waals surface area contributed by atoms with Crippen LogP contribution in [0, 0.1) is 0 Å². The van der Waals surface area contributed by atoms with E-state index in [1.807, 2.05) is 6.92 Å². The molecule has 2 aliphatic rings. The lowest BCUT2D eigenvalue weighted by molar-refractivity contribution is -0.128. The van der Waals surface area contributed by atoms with Crippen LogP contribution in [0.5, 0.6) is 0 Å². The minimum atomic E-state index is -0.291. The van der Waals surface area contributed by atoms with Gasteiger partial charge in [0, 0.05) is 6.04 Å². The van der Waals surface area contributed by atoms with Crippen molar-refractivity contribution in [2.45, 2.75) is 50.6 Å². The number of rotatable bonds is 2. The largest absolute Gasteiger partial charge is 0.352 e. The quantitative estimate of drug-likeness (QED) is 0.663. The number of carbonyl (C=O) groups is 1. The van der Waals surface area contributed by atoms with Crippen LogP contribution in [0.2, 0.25) is 0 Å². The van der Waals surface area contributed by atoms with Crippen molar-refractivity contribution < 1.29 is 4.79 Å². The third-order valence-corrected chi connectivity index (χ3v) is 3.03. The molecule has 3 heteroatoms. The van der Waals surface area contributed by atoms with Gasteiger partial charge in [-0.05, 0) is 45.6 Å². The van der Waals surface area contributed by atoms with Gasteiger partial charge in [0.25, 0.3) is 0 Å². The number of piperidine rings is 1. The summed E-state index contributed by atoms with van der Waals surface area (Å²) in [7, 11) is 0. The number of nitrogens with one attached hydrogen (secondary N) is 2. The standard InChI is InChI=1S/C10H18N2O/c1-10(6-2-3-7-11-10)9(13)12-8-4-5-8/h8,11H,2-7H2,1H3,(H,12,13). The van der Waals surface area contributed by atoms with Crippen molar-refractivity contribution in [2.24, 2.45) is 0 Å². The highest BCUT2D eigenvalue weighted by atomic mass is 16.2. The molecular weight excluding hydrogens is 164 g/mol. The Morgan fingerprint density at radius 3 is 2.77 bits per heavy atom. The molecule has 0 spiro atoms. The molecule has 2 fully saturated rings. The lowest BCUT2D eigenvalue weighted by atomic mass is 9.90. The molecule has 1 amide bonds. The summed E-state index contributed by atoms with van der Waals surface area (Å²) >= 11 is 0. The van der Waals surface area contributed by atoms with Crippen LogP contribution in [0.25, 0.3) is 0 Å². The Balaban J connectivity index is 1.90. The Labute approximate surface area is 79.3 Å². The fraction of sp³-hybridized carbons (Fsp3) is 0.900. The van der Waals surface area contributed by atoms with Crippen molar-refractivity contribution in [3.05, 3.63) is 0 Å². The normalized spacial score (nSPS) is 34.2. The van der Waals surface area contributed by atoms with Crippen molar-refractivity contribution in [2.75, 3.05) is 6.54 Å². The molecule has 3 nitrogen and oxygen atoms in total. The van der Waals surface area contributed by atoms with Crippen molar-refractivity contribution in [3.63, 3.8) is 0 Å². The van der Waals surface area contributed by atoms with Crippen LogP contribution in [0.3, 0.4) is 0 Å². The molecule has 1 aliphatic carbocycles. The average molecular weight is 182 g/mol. The van der Waals surface area contributed by atoms with Crippen LogP contribution in [-0.4, -0.2) is 24.0 Å². The minimum absolute atomic E-state index is 0.203. The second kappa shape index (κ2) is 3.29. The van der Waals surface area contributed by atoms with Gasteiger partial charge in [-0.1, -0.05) is 0 Å². The van der Waals surface area contributed by atoms with Crippen molar-refractivity contribution in [1.82, 2.24) is 10.6 Å². The molecule has 1 heterocycles. The molecule has 1 saturated heterocycles. The highest BCUT2D eigenvalue weighted by molar-refractivity contribution is 5.86. The van der Waals surface area contributed by atoms with E-state index >= 15 is 0 Å². The number of carbonyl (C=O) groups excluding carboxylic acids is 1. The molecule has 13 heavy (non-hydrogen) atoms. The summed E-state index contributed by atoms with van der Waals surface area (Å²) in [6, 6.07) is 0.480. The lowest BCUT2D eigenvalue weighted by Crippen LogP contribution is -2.57. The second-order valence-electron chi connectivity index (χ2n) is 4.46. The summed E-state index contributed by atoms with van der Waals surface area (Å²) in [5.41, 5.74) is -0.291. The number of hydrogen-bond acceptors (Lipinski definition) is 2. The Hall–Kier alpha value is -0.570. The van der Waals surface area contributed by atoms with E-state index in [-0.39, 0.29) is 11.4 Å². The summed E-state index contributed by atoms with van der Waals surface area (Å²) in [4.78, 5) is 11.8. The molecule has 1 saturated carbocycles. The second-order valence-corrected chi connectivity index (χ2v) is 4.46. The Morgan fingerprint density at radius 1 is 1.46 bits per heavy atom. The van der Waals surface area contributed by atoms with Crippen LogP contribution in [0.1, 0.15) is 39.0 Å². The van der Waals surface area contributed by atoms with Gasteiger partial charge in [0.15, 0.2) is 0 Å². The maximum Gasteiger partial charge on any atom is 0.240 e. The highest BCUT2D eigenvalue weighted by Gasteiger charge is 2.36. The Kier molecular flexibility index (Phi) is 2.28. The molecule has 0 aromatic carbocycles. The first-order chi connectivity index (χ1) is 6.21. The molecule has 1 atom stereocenters. The fourth-order valence-corrected chi connectivity index (χ4v) is 1.82. The zero-order valence-electron chi connectivity index (χ0n) is 8.23. The van der Waals surface area contributed by atoms with E-state index < -0.39 is 0 Å². The zero-order chi connectivity index (χ0) is 9.31. The third kappa shape index (κ3) is 2.02. The first-order valence-electron chi connectivity index (χ1n) is 5.27. The van der Waals surface area contributed by atoms with Crippen LogP contribution >= 0.6 is 0 Å². The van der Waals surface area contributed by atoms with Gasteiger partial charge in [0.05, 0.1) is 5.54 Å². The fourth-order valence-electron chi connectivity index (χ4n) is 1.82. The zero-order valence-corrected chi connectivity index (χ0v) is 8.23. The average Bonchev–Trinajstić information content (AvgIpc) is 2.89. The van der Waals surface area contributed by atoms with Crippen molar-refractivity contribution in [3.8, 4) is 0 Å². The monoisotopic (exact) mass is 182 g/mol. The number of amides is 1. The minimum Gasteiger partial charge on any atom is -0.352 e. The smallest absolute Gasteiger partial charge is 0.240 e. The molecular formula is C10H18N2O. The topological polar surface area (TPSA) is 41.1 Å². The van der Waals surface area contributed by atoms with Gasteiger partial charge in [-0.2, -0.15) is 0 Å². The van der Waals surface area contributed by atoms with Gasteiger partial charge in [-0.25, -0.2) is 0 Å². The molecule has 1 unspecified atom stereocenters. The SMILES string of the molecule is CC1(C(=O)NC2CC2)CCCCN1. The predicted molar refractivity (Wildman–Crippen MR) is 51.4 cm³/mol. The summed E-state index contributed by atoms with van der Waals surface area (Å²) in [6.45, 7) is 3.00. The molecule has 0 radical (unpaired) electrons. The maximum absolute atomic E-state index is 11.8. The van der Waals surface area contributed by atoms with E-state index in [0.29, 0.717) is 6.04 Å². The van der Waals surface area contributed by atoms with Gasteiger partial charge in [-0.3, -0.25) is 4.79 Å². The van der Waals surface area contributed by atoms with Gasteiger partial charge in [0.2, 0.25) is 5.91 Å². The van der Waals surface area contributed by atoms with Gasteiger partial charge >= 0.3 is 0 Å². The lowest BCUT2D eigenvalue weighted by Gasteiger charge is -2.33. The van der Waals surface area contributed by atoms with Crippen molar-refractivity contribution in [1.29, 1.82) is 0 Å². The molecule has 0 aromatic heterocycles. The Bertz CT molecular complexity index is 205. The van der Waals surface area contributed by atoms with E-state index in [0.717, 1.165) is 13.0 Å². The molecule has 1 aliphatic heterocycles. The van der Waals surface area contributed by atoms with Crippen molar-refractivity contribution >= 4 is 5.91 Å². The van der Waals surface area contributed by atoms with Gasteiger partial charge < -0.3 is 10.6 Å². The summed E-state index contributed by atoms with van der Waals surface area (Å²) in [5, 5.41) is 6.38. The third-order valence-electron chi connectivity index (χ3n) is 3.03. The van der Waals surface area contributed by atoms with E-state index in [1.165, 1.54) is 25.7 Å².